The maximum absolute atomic E-state index is 9.23. The highest BCUT2D eigenvalue weighted by molar-refractivity contribution is 5.91. The van der Waals surface area contributed by atoms with Gasteiger partial charge in [0.15, 0.2) is 4.98 Å². The van der Waals surface area contributed by atoms with E-state index in [1.807, 2.05) is 42.5 Å². The SMILES string of the molecule is COc1ccc(-c2ccc3cc(OC)ccc3c2)c([N+]#N)c1. The first-order chi connectivity index (χ1) is 10.7. The van der Waals surface area contributed by atoms with Gasteiger partial charge < -0.3 is 9.47 Å². The van der Waals surface area contributed by atoms with Crippen LogP contribution < -0.4 is 9.47 Å². The third kappa shape index (κ3) is 2.45. The van der Waals surface area contributed by atoms with Gasteiger partial charge in [-0.15, -0.1) is 0 Å². The van der Waals surface area contributed by atoms with Crippen LogP contribution in [0.25, 0.3) is 26.9 Å². The first-order valence-corrected chi connectivity index (χ1v) is 6.86. The molecule has 22 heavy (non-hydrogen) atoms. The molecule has 0 saturated carbocycles. The number of methoxy groups -OCH3 is 2. The zero-order valence-electron chi connectivity index (χ0n) is 12.4. The van der Waals surface area contributed by atoms with Gasteiger partial charge in [-0.3, -0.25) is 0 Å². The Morgan fingerprint density at radius 1 is 0.773 bits per heavy atom. The number of hydrogen-bond donors (Lipinski definition) is 0. The summed E-state index contributed by atoms with van der Waals surface area (Å²) in [5.41, 5.74) is 2.31. The second-order valence-corrected chi connectivity index (χ2v) is 4.91. The van der Waals surface area contributed by atoms with Gasteiger partial charge >= 0.3 is 5.69 Å². The molecule has 3 aromatic rings. The molecule has 0 amide bonds. The van der Waals surface area contributed by atoms with Crippen LogP contribution in [0.3, 0.4) is 0 Å². The van der Waals surface area contributed by atoms with E-state index in [9.17, 15) is 5.39 Å². The molecule has 3 rings (SSSR count). The Morgan fingerprint density at radius 2 is 1.41 bits per heavy atom. The molecule has 0 fully saturated rings. The van der Waals surface area contributed by atoms with Crippen LogP contribution in [0.1, 0.15) is 0 Å². The molecular weight excluding hydrogens is 276 g/mol. The van der Waals surface area contributed by atoms with E-state index in [0.717, 1.165) is 27.6 Å². The molecule has 0 spiro atoms. The zero-order chi connectivity index (χ0) is 15.5. The Hall–Kier alpha value is -3.06. The summed E-state index contributed by atoms with van der Waals surface area (Å²) < 4.78 is 10.4. The van der Waals surface area contributed by atoms with Gasteiger partial charge in [-0.2, -0.15) is 0 Å². The summed E-state index contributed by atoms with van der Waals surface area (Å²) in [6, 6.07) is 17.5. The highest BCUT2D eigenvalue weighted by Crippen LogP contribution is 2.35. The van der Waals surface area contributed by atoms with Gasteiger partial charge in [-0.1, -0.05) is 18.2 Å². The second kappa shape index (κ2) is 5.74. The molecule has 108 valence electrons. The Morgan fingerprint density at radius 3 is 2.14 bits per heavy atom. The fraction of sp³-hybridized carbons (Fsp3) is 0.111. The van der Waals surface area contributed by atoms with Crippen molar-refractivity contribution in [2.45, 2.75) is 0 Å². The lowest BCUT2D eigenvalue weighted by Gasteiger charge is -2.05. The smallest absolute Gasteiger partial charge is 0.396 e. The highest BCUT2D eigenvalue weighted by atomic mass is 16.5. The van der Waals surface area contributed by atoms with Crippen molar-refractivity contribution in [1.82, 2.24) is 0 Å². The van der Waals surface area contributed by atoms with E-state index in [1.54, 1.807) is 20.3 Å². The quantitative estimate of drug-likeness (QED) is 0.637. The highest BCUT2D eigenvalue weighted by Gasteiger charge is 2.17. The van der Waals surface area contributed by atoms with Gasteiger partial charge in [0.2, 0.25) is 5.39 Å². The predicted molar refractivity (Wildman–Crippen MR) is 87.2 cm³/mol. The minimum atomic E-state index is 0.479. The van der Waals surface area contributed by atoms with E-state index in [0.29, 0.717) is 11.4 Å². The summed E-state index contributed by atoms with van der Waals surface area (Å²) in [5.74, 6) is 1.48. The largest absolute Gasteiger partial charge is 0.497 e. The summed E-state index contributed by atoms with van der Waals surface area (Å²) in [7, 11) is 3.24. The van der Waals surface area contributed by atoms with Gasteiger partial charge in [-0.05, 0) is 46.7 Å². The van der Waals surface area contributed by atoms with Crippen molar-refractivity contribution in [2.75, 3.05) is 14.2 Å². The average Bonchev–Trinajstić information content (AvgIpc) is 2.60. The number of fused-ring (bicyclic) bond motifs is 1. The summed E-state index contributed by atoms with van der Waals surface area (Å²) >= 11 is 0. The van der Waals surface area contributed by atoms with Gasteiger partial charge in [0.1, 0.15) is 11.5 Å². The molecular formula is C18H15N2O2+. The van der Waals surface area contributed by atoms with E-state index in [1.165, 1.54) is 0 Å². The molecule has 0 bridgehead atoms. The van der Waals surface area contributed by atoms with Crippen LogP contribution in [0.4, 0.5) is 5.69 Å². The van der Waals surface area contributed by atoms with E-state index < -0.39 is 0 Å². The van der Waals surface area contributed by atoms with Crippen LogP contribution in [0.2, 0.25) is 0 Å². The molecule has 0 atom stereocenters. The van der Waals surface area contributed by atoms with Crippen LogP contribution in [0.15, 0.2) is 54.6 Å². The lowest BCUT2D eigenvalue weighted by Crippen LogP contribution is -1.85. The molecule has 0 aromatic heterocycles. The molecule has 0 heterocycles. The third-order valence-corrected chi connectivity index (χ3v) is 3.67. The van der Waals surface area contributed by atoms with Crippen molar-refractivity contribution >= 4 is 16.5 Å². The van der Waals surface area contributed by atoms with E-state index in [2.05, 4.69) is 11.0 Å². The number of hydrogen-bond acceptors (Lipinski definition) is 3. The molecule has 0 aliphatic heterocycles. The minimum Gasteiger partial charge on any atom is -0.497 e. The summed E-state index contributed by atoms with van der Waals surface area (Å²) in [6.07, 6.45) is 0. The Bertz CT molecular complexity index is 882. The maximum Gasteiger partial charge on any atom is 0.396 e. The van der Waals surface area contributed by atoms with Crippen molar-refractivity contribution in [3.8, 4) is 22.6 Å². The summed E-state index contributed by atoms with van der Waals surface area (Å²) in [5, 5.41) is 11.4. The van der Waals surface area contributed by atoms with Gasteiger partial charge in [-0.25, -0.2) is 0 Å². The summed E-state index contributed by atoms with van der Waals surface area (Å²) in [4.78, 5) is 3.36. The minimum absolute atomic E-state index is 0.479. The number of ether oxygens (including phenoxy) is 2. The summed E-state index contributed by atoms with van der Waals surface area (Å²) in [6.45, 7) is 0. The number of benzene rings is 3. The molecule has 0 N–H and O–H groups in total. The molecule has 4 heteroatoms. The normalized spacial score (nSPS) is 10.2. The van der Waals surface area contributed by atoms with Crippen LogP contribution in [0.5, 0.6) is 11.5 Å². The van der Waals surface area contributed by atoms with E-state index in [-0.39, 0.29) is 0 Å². The fourth-order valence-corrected chi connectivity index (χ4v) is 2.48. The molecule has 0 aliphatic carbocycles. The average molecular weight is 291 g/mol. The number of nitrogens with zero attached hydrogens (tertiary/aromatic N) is 2. The predicted octanol–water partition coefficient (Wildman–Crippen LogP) is 5.01. The van der Waals surface area contributed by atoms with E-state index in [4.69, 9.17) is 9.47 Å². The van der Waals surface area contributed by atoms with Gasteiger partial charge in [0, 0.05) is 0 Å². The van der Waals surface area contributed by atoms with Crippen molar-refractivity contribution in [3.63, 3.8) is 0 Å². The zero-order valence-corrected chi connectivity index (χ0v) is 12.4. The van der Waals surface area contributed by atoms with Crippen LogP contribution in [-0.2, 0) is 0 Å². The fourth-order valence-electron chi connectivity index (χ4n) is 2.48. The van der Waals surface area contributed by atoms with E-state index >= 15 is 0 Å². The van der Waals surface area contributed by atoms with Gasteiger partial charge in [0.05, 0.1) is 25.8 Å². The Balaban J connectivity index is 2.13. The lowest BCUT2D eigenvalue weighted by atomic mass is 9.99. The van der Waals surface area contributed by atoms with Crippen LogP contribution >= 0.6 is 0 Å². The van der Waals surface area contributed by atoms with Crippen molar-refractivity contribution in [2.24, 2.45) is 0 Å². The first-order valence-electron chi connectivity index (χ1n) is 6.86. The van der Waals surface area contributed by atoms with Crippen LogP contribution in [-0.4, -0.2) is 14.2 Å². The topological polar surface area (TPSA) is 46.6 Å². The monoisotopic (exact) mass is 291 g/mol. The molecule has 0 radical (unpaired) electrons. The van der Waals surface area contributed by atoms with Crippen molar-refractivity contribution in [1.29, 1.82) is 5.39 Å². The second-order valence-electron chi connectivity index (χ2n) is 4.91. The number of diazo groups is 1. The molecule has 3 aromatic carbocycles. The maximum atomic E-state index is 9.23. The standard InChI is InChI=1S/C18H15N2O2/c1-21-15-6-5-12-9-14(4-3-13(12)10-15)17-8-7-16(22-2)11-18(17)20-19/h3-11H,1-2H3/q+1. The number of rotatable bonds is 3. The Kier molecular flexibility index (Phi) is 3.63. The molecule has 0 aliphatic rings. The lowest BCUT2D eigenvalue weighted by molar-refractivity contribution is 0.415. The molecule has 0 unspecified atom stereocenters. The molecule has 0 saturated heterocycles. The Labute approximate surface area is 128 Å². The molecule has 4 nitrogen and oxygen atoms in total. The van der Waals surface area contributed by atoms with Gasteiger partial charge in [0.25, 0.3) is 0 Å². The van der Waals surface area contributed by atoms with Crippen molar-refractivity contribution < 1.29 is 9.47 Å². The first kappa shape index (κ1) is 13.9. The van der Waals surface area contributed by atoms with Crippen LogP contribution in [0, 0.1) is 5.39 Å². The van der Waals surface area contributed by atoms with Crippen molar-refractivity contribution in [3.05, 3.63) is 59.6 Å². The third-order valence-electron chi connectivity index (χ3n) is 3.67.